The summed E-state index contributed by atoms with van der Waals surface area (Å²) in [7, 11) is 0. The molecule has 1 atom stereocenters. The predicted molar refractivity (Wildman–Crippen MR) is 72.3 cm³/mol. The maximum atomic E-state index is 8.72. The van der Waals surface area contributed by atoms with Gasteiger partial charge in [0.05, 0.1) is 5.69 Å². The number of hydroxylamine groups is 1. The molecule has 0 aromatic carbocycles. The topological polar surface area (TPSA) is 60.9 Å². The summed E-state index contributed by atoms with van der Waals surface area (Å²) in [4.78, 5) is 7.73. The van der Waals surface area contributed by atoms with E-state index in [-0.39, 0.29) is 6.04 Å². The Hall–Kier alpha value is -1.65. The highest BCUT2D eigenvalue weighted by Gasteiger charge is 2.07. The number of aryl methyl sites for hydroxylation is 1. The van der Waals surface area contributed by atoms with Gasteiger partial charge in [0.1, 0.15) is 5.82 Å². The van der Waals surface area contributed by atoms with Gasteiger partial charge in [-0.15, -0.1) is 0 Å². The number of hydrogen-bond acceptors (Lipinski definition) is 3. The normalized spacial score (nSPS) is 16.5. The summed E-state index contributed by atoms with van der Waals surface area (Å²) in [6, 6.07) is 0.0693. The zero-order valence-electron chi connectivity index (χ0n) is 10.8. The number of imidazole rings is 1. The lowest BCUT2D eigenvalue weighted by Gasteiger charge is -2.03. The highest BCUT2D eigenvalue weighted by atomic mass is 16.5. The Balaban J connectivity index is 2.11. The van der Waals surface area contributed by atoms with E-state index in [1.807, 2.05) is 13.8 Å². The minimum Gasteiger partial charge on any atom is -0.345 e. The molecule has 1 aliphatic rings. The Morgan fingerprint density at radius 3 is 3.22 bits per heavy atom. The van der Waals surface area contributed by atoms with Gasteiger partial charge in [-0.2, -0.15) is 0 Å². The van der Waals surface area contributed by atoms with Gasteiger partial charge in [0.15, 0.2) is 0 Å². The number of allylic oxidation sites excluding steroid dienone is 4. The van der Waals surface area contributed by atoms with Crippen LogP contribution in [0.4, 0.5) is 0 Å². The second-order valence-electron chi connectivity index (χ2n) is 4.61. The number of nitrogens with one attached hydrogen (secondary N) is 2. The van der Waals surface area contributed by atoms with Crippen molar-refractivity contribution >= 4 is 6.08 Å². The van der Waals surface area contributed by atoms with Gasteiger partial charge < -0.3 is 10.2 Å². The van der Waals surface area contributed by atoms with Gasteiger partial charge in [0.2, 0.25) is 0 Å². The van der Waals surface area contributed by atoms with E-state index in [0.717, 1.165) is 35.6 Å². The van der Waals surface area contributed by atoms with Crippen molar-refractivity contribution in [3.05, 3.63) is 47.1 Å². The van der Waals surface area contributed by atoms with Crippen molar-refractivity contribution in [1.82, 2.24) is 15.4 Å². The zero-order valence-corrected chi connectivity index (χ0v) is 10.8. The average Bonchev–Trinajstić information content (AvgIpc) is 2.58. The molecule has 1 aliphatic carbocycles. The lowest BCUT2D eigenvalue weighted by molar-refractivity contribution is 0.134. The van der Waals surface area contributed by atoms with Crippen LogP contribution in [-0.4, -0.2) is 21.2 Å². The average molecular weight is 245 g/mol. The van der Waals surface area contributed by atoms with Crippen molar-refractivity contribution in [1.29, 1.82) is 0 Å². The predicted octanol–water partition coefficient (Wildman–Crippen LogP) is 2.53. The first-order valence-electron chi connectivity index (χ1n) is 6.19. The van der Waals surface area contributed by atoms with Gasteiger partial charge in [-0.1, -0.05) is 24.3 Å². The molecule has 0 aliphatic heterocycles. The van der Waals surface area contributed by atoms with E-state index in [4.69, 9.17) is 5.21 Å². The van der Waals surface area contributed by atoms with E-state index in [1.54, 1.807) is 0 Å². The van der Waals surface area contributed by atoms with Gasteiger partial charge in [-0.25, -0.2) is 10.5 Å². The molecule has 2 rings (SSSR count). The maximum absolute atomic E-state index is 8.72. The Labute approximate surface area is 107 Å². The van der Waals surface area contributed by atoms with Crippen molar-refractivity contribution in [3.8, 4) is 0 Å². The Morgan fingerprint density at radius 2 is 2.44 bits per heavy atom. The van der Waals surface area contributed by atoms with E-state index >= 15 is 0 Å². The van der Waals surface area contributed by atoms with Crippen LogP contribution in [0.1, 0.15) is 30.6 Å². The molecule has 4 heteroatoms. The lowest BCUT2D eigenvalue weighted by atomic mass is 10.1. The van der Waals surface area contributed by atoms with Crippen molar-refractivity contribution < 1.29 is 5.21 Å². The Bertz CT molecular complexity index is 497. The SMILES string of the molecule is Cc1nc2c([nH]1)CC=CC(/C=C/CC(C)NO)=C2. The monoisotopic (exact) mass is 245 g/mol. The highest BCUT2D eigenvalue weighted by molar-refractivity contribution is 5.60. The fourth-order valence-electron chi connectivity index (χ4n) is 1.92. The van der Waals surface area contributed by atoms with Crippen molar-refractivity contribution in [2.24, 2.45) is 0 Å². The van der Waals surface area contributed by atoms with Crippen LogP contribution in [0.25, 0.3) is 6.08 Å². The molecule has 1 unspecified atom stereocenters. The number of H-pyrrole nitrogens is 1. The fraction of sp³-hybridized carbons (Fsp3) is 0.357. The van der Waals surface area contributed by atoms with Crippen LogP contribution < -0.4 is 5.48 Å². The molecule has 0 radical (unpaired) electrons. The molecule has 0 amide bonds. The van der Waals surface area contributed by atoms with Gasteiger partial charge in [0, 0.05) is 18.2 Å². The molecule has 4 nitrogen and oxygen atoms in total. The molecular formula is C14H19N3O. The first-order chi connectivity index (χ1) is 8.69. The first-order valence-corrected chi connectivity index (χ1v) is 6.19. The van der Waals surface area contributed by atoms with Crippen molar-refractivity contribution in [2.45, 2.75) is 32.7 Å². The Morgan fingerprint density at radius 1 is 1.61 bits per heavy atom. The molecule has 1 aromatic heterocycles. The summed E-state index contributed by atoms with van der Waals surface area (Å²) < 4.78 is 0. The first kappa shape index (κ1) is 12.8. The zero-order chi connectivity index (χ0) is 13.0. The fourth-order valence-corrected chi connectivity index (χ4v) is 1.92. The number of aromatic amines is 1. The molecule has 0 fully saturated rings. The van der Waals surface area contributed by atoms with E-state index in [0.29, 0.717) is 0 Å². The molecule has 0 saturated carbocycles. The number of rotatable bonds is 4. The molecule has 0 bridgehead atoms. The molecule has 3 N–H and O–H groups in total. The van der Waals surface area contributed by atoms with Crippen LogP contribution in [0.5, 0.6) is 0 Å². The standard InChI is InChI=1S/C14H19N3O/c1-10(17-18)5-3-6-12-7-4-8-13-14(9-12)16-11(2)15-13/h3-4,6-7,9-10,17-18H,5,8H2,1-2H3,(H,15,16)/b6-3+. The van der Waals surface area contributed by atoms with Gasteiger partial charge in [-0.3, -0.25) is 0 Å². The maximum Gasteiger partial charge on any atom is 0.103 e. The van der Waals surface area contributed by atoms with Crippen LogP contribution in [0.2, 0.25) is 0 Å². The molecule has 0 saturated heterocycles. The van der Waals surface area contributed by atoms with Gasteiger partial charge in [0.25, 0.3) is 0 Å². The van der Waals surface area contributed by atoms with Crippen LogP contribution in [-0.2, 0) is 6.42 Å². The minimum atomic E-state index is 0.0693. The van der Waals surface area contributed by atoms with Gasteiger partial charge >= 0.3 is 0 Å². The summed E-state index contributed by atoms with van der Waals surface area (Å²) in [6.45, 7) is 3.90. The molecule has 1 heterocycles. The second-order valence-corrected chi connectivity index (χ2v) is 4.61. The summed E-state index contributed by atoms with van der Waals surface area (Å²) in [5.41, 5.74) is 5.54. The third-order valence-electron chi connectivity index (χ3n) is 2.89. The number of nitrogens with zero attached hydrogens (tertiary/aromatic N) is 1. The van der Waals surface area contributed by atoms with Crippen LogP contribution in [0, 0.1) is 6.92 Å². The van der Waals surface area contributed by atoms with E-state index in [2.05, 4.69) is 45.8 Å². The third kappa shape index (κ3) is 3.18. The van der Waals surface area contributed by atoms with Crippen LogP contribution in [0.3, 0.4) is 0 Å². The Kier molecular flexibility index (Phi) is 4.12. The summed E-state index contributed by atoms with van der Waals surface area (Å²) in [6.07, 6.45) is 12.1. The quantitative estimate of drug-likeness (QED) is 0.714. The van der Waals surface area contributed by atoms with Crippen molar-refractivity contribution in [2.75, 3.05) is 0 Å². The smallest absolute Gasteiger partial charge is 0.103 e. The van der Waals surface area contributed by atoms with E-state index in [1.165, 1.54) is 0 Å². The molecular weight excluding hydrogens is 226 g/mol. The molecule has 1 aromatic rings. The largest absolute Gasteiger partial charge is 0.345 e. The third-order valence-corrected chi connectivity index (χ3v) is 2.89. The highest BCUT2D eigenvalue weighted by Crippen LogP contribution is 2.17. The molecule has 96 valence electrons. The summed E-state index contributed by atoms with van der Waals surface area (Å²) in [5, 5.41) is 8.72. The van der Waals surface area contributed by atoms with E-state index in [9.17, 15) is 0 Å². The number of hydrogen-bond donors (Lipinski definition) is 3. The van der Waals surface area contributed by atoms with Crippen LogP contribution in [0.15, 0.2) is 29.9 Å². The van der Waals surface area contributed by atoms with Crippen molar-refractivity contribution in [3.63, 3.8) is 0 Å². The summed E-state index contributed by atoms with van der Waals surface area (Å²) >= 11 is 0. The van der Waals surface area contributed by atoms with E-state index < -0.39 is 0 Å². The van der Waals surface area contributed by atoms with Crippen LogP contribution >= 0.6 is 0 Å². The molecule has 18 heavy (non-hydrogen) atoms. The number of aromatic nitrogens is 2. The summed E-state index contributed by atoms with van der Waals surface area (Å²) in [5.74, 6) is 0.952. The molecule has 0 spiro atoms. The second kappa shape index (κ2) is 5.80. The lowest BCUT2D eigenvalue weighted by Crippen LogP contribution is -2.20. The van der Waals surface area contributed by atoms with Gasteiger partial charge in [-0.05, 0) is 31.9 Å². The number of fused-ring (bicyclic) bond motifs is 1. The minimum absolute atomic E-state index is 0.0693.